The van der Waals surface area contributed by atoms with Crippen LogP contribution >= 0.6 is 7.14 Å². The highest BCUT2D eigenvalue weighted by atomic mass is 31.2. The van der Waals surface area contributed by atoms with Gasteiger partial charge in [-0.3, -0.25) is 4.98 Å². The number of rotatable bonds is 6. The molecule has 0 spiro atoms. The Morgan fingerprint density at radius 2 is 1.79 bits per heavy atom. The minimum atomic E-state index is -2.52. The monoisotopic (exact) mass is 417 g/mol. The summed E-state index contributed by atoms with van der Waals surface area (Å²) in [7, 11) is -0.989. The Morgan fingerprint density at radius 1 is 1.14 bits per heavy atom. The number of pyridine rings is 1. The molecular formula is C23H32NO4P. The van der Waals surface area contributed by atoms with Gasteiger partial charge in [-0.05, 0) is 61.9 Å². The zero-order valence-corrected chi connectivity index (χ0v) is 19.1. The van der Waals surface area contributed by atoms with Crippen LogP contribution in [0.25, 0.3) is 0 Å². The van der Waals surface area contributed by atoms with Crippen LogP contribution in [0.3, 0.4) is 0 Å². The molecule has 5 nitrogen and oxygen atoms in total. The molecule has 1 aliphatic heterocycles. The summed E-state index contributed by atoms with van der Waals surface area (Å²) in [5.41, 5.74) is 3.14. The molecule has 1 saturated heterocycles. The van der Waals surface area contributed by atoms with Crippen molar-refractivity contribution in [1.82, 2.24) is 4.98 Å². The summed E-state index contributed by atoms with van der Waals surface area (Å²) < 4.78 is 25.6. The number of aromatic nitrogens is 1. The lowest BCUT2D eigenvalue weighted by Gasteiger charge is -2.26. The van der Waals surface area contributed by atoms with Gasteiger partial charge in [0.1, 0.15) is 12.4 Å². The van der Waals surface area contributed by atoms with Crippen LogP contribution in [0, 0.1) is 32.6 Å². The van der Waals surface area contributed by atoms with Crippen LogP contribution in [0.5, 0.6) is 17.2 Å². The second-order valence-electron chi connectivity index (χ2n) is 8.52. The normalized spacial score (nSPS) is 25.0. The number of methoxy groups -OCH3 is 1. The molecule has 1 aliphatic rings. The summed E-state index contributed by atoms with van der Waals surface area (Å²) in [5.74, 6) is 2.10. The zero-order valence-electron chi connectivity index (χ0n) is 18.2. The number of benzene rings is 1. The largest absolute Gasteiger partial charge is 0.504 e. The first-order valence-corrected chi connectivity index (χ1v) is 12.3. The Labute approximate surface area is 173 Å². The van der Waals surface area contributed by atoms with Gasteiger partial charge in [-0.1, -0.05) is 19.9 Å². The molecule has 0 saturated carbocycles. The molecular weight excluding hydrogens is 385 g/mol. The van der Waals surface area contributed by atoms with Gasteiger partial charge in [0.05, 0.1) is 25.6 Å². The second-order valence-corrected chi connectivity index (χ2v) is 11.8. The molecule has 0 radical (unpaired) electrons. The van der Waals surface area contributed by atoms with Gasteiger partial charge in [0, 0.05) is 18.0 Å². The van der Waals surface area contributed by atoms with Crippen molar-refractivity contribution >= 4 is 7.14 Å². The number of hydrogen-bond acceptors (Lipinski definition) is 5. The van der Waals surface area contributed by atoms with Crippen molar-refractivity contribution in [3.63, 3.8) is 0 Å². The van der Waals surface area contributed by atoms with Crippen molar-refractivity contribution in [2.45, 2.75) is 40.3 Å². The Morgan fingerprint density at radius 3 is 2.38 bits per heavy atom. The maximum Gasteiger partial charge on any atom is 0.161 e. The summed E-state index contributed by atoms with van der Waals surface area (Å²) in [6.07, 6.45) is 1.44. The first-order valence-electron chi connectivity index (χ1n) is 10.2. The van der Waals surface area contributed by atoms with Crippen LogP contribution in [0.4, 0.5) is 0 Å². The van der Waals surface area contributed by atoms with E-state index in [-0.39, 0.29) is 11.4 Å². The molecule has 2 heterocycles. The van der Waals surface area contributed by atoms with Crippen LogP contribution in [-0.4, -0.2) is 36.1 Å². The third kappa shape index (κ3) is 4.45. The number of aryl methyl sites for hydroxylation is 3. The van der Waals surface area contributed by atoms with E-state index in [0.29, 0.717) is 29.8 Å². The van der Waals surface area contributed by atoms with Gasteiger partial charge < -0.3 is 19.1 Å². The fourth-order valence-corrected chi connectivity index (χ4v) is 8.65. The average molecular weight is 417 g/mol. The standard InChI is InChI=1S/C23H32NO4P/c1-14-9-19(10-21(27-6)23(14)25)22(29(26)12-15(2)16(3)13-29)11-28-20-8-7-17(4)24-18(20)5/h7-10,15-16,22,25H,11-13H2,1-6H3/t15-,16+,22?,29?. The van der Waals surface area contributed by atoms with Crippen molar-refractivity contribution in [2.75, 3.05) is 26.0 Å². The van der Waals surface area contributed by atoms with Gasteiger partial charge >= 0.3 is 0 Å². The number of aromatic hydroxyl groups is 1. The molecule has 0 aliphatic carbocycles. The van der Waals surface area contributed by atoms with Gasteiger partial charge in [0.15, 0.2) is 11.5 Å². The smallest absolute Gasteiger partial charge is 0.161 e. The topological polar surface area (TPSA) is 68.7 Å². The second kappa shape index (κ2) is 8.39. The highest BCUT2D eigenvalue weighted by Crippen LogP contribution is 2.66. The van der Waals surface area contributed by atoms with E-state index in [9.17, 15) is 9.67 Å². The third-order valence-corrected chi connectivity index (χ3v) is 10.2. The first-order chi connectivity index (χ1) is 13.6. The van der Waals surface area contributed by atoms with Gasteiger partial charge in [-0.25, -0.2) is 0 Å². The van der Waals surface area contributed by atoms with Crippen LogP contribution in [0.2, 0.25) is 0 Å². The summed E-state index contributed by atoms with van der Waals surface area (Å²) in [5, 5.41) is 10.3. The van der Waals surface area contributed by atoms with E-state index in [1.807, 2.05) is 45.0 Å². The van der Waals surface area contributed by atoms with Crippen molar-refractivity contribution in [3.8, 4) is 17.2 Å². The summed E-state index contributed by atoms with van der Waals surface area (Å²) in [6.45, 7) is 10.4. The van der Waals surface area contributed by atoms with E-state index in [0.717, 1.165) is 35.0 Å². The summed E-state index contributed by atoms with van der Waals surface area (Å²) in [6, 6.07) is 7.57. The molecule has 158 valence electrons. The SMILES string of the molecule is COc1cc(C(COc2ccc(C)nc2C)P2(=O)C[C@@H](C)[C@@H](C)C2)cc(C)c1O. The zero-order chi connectivity index (χ0) is 21.3. The number of phenols is 1. The molecule has 2 aromatic rings. The van der Waals surface area contributed by atoms with E-state index in [1.54, 1.807) is 0 Å². The molecule has 0 amide bonds. The van der Waals surface area contributed by atoms with E-state index in [1.165, 1.54) is 7.11 Å². The van der Waals surface area contributed by atoms with Crippen molar-refractivity contribution in [2.24, 2.45) is 11.8 Å². The molecule has 6 heteroatoms. The Hall–Kier alpha value is -2.00. The first kappa shape index (κ1) is 21.7. The Balaban J connectivity index is 1.99. The maximum atomic E-state index is 14.1. The predicted octanol–water partition coefficient (Wildman–Crippen LogP) is 5.49. The molecule has 4 atom stereocenters. The lowest BCUT2D eigenvalue weighted by molar-refractivity contribution is 0.309. The lowest BCUT2D eigenvalue weighted by Crippen LogP contribution is -2.14. The number of phenolic OH excluding ortho intramolecular Hbond substituents is 1. The quantitative estimate of drug-likeness (QED) is 0.630. The van der Waals surface area contributed by atoms with E-state index < -0.39 is 7.14 Å². The van der Waals surface area contributed by atoms with Crippen LogP contribution < -0.4 is 9.47 Å². The molecule has 29 heavy (non-hydrogen) atoms. The van der Waals surface area contributed by atoms with E-state index in [4.69, 9.17) is 9.47 Å². The van der Waals surface area contributed by atoms with Crippen molar-refractivity contribution in [1.29, 1.82) is 0 Å². The summed E-state index contributed by atoms with van der Waals surface area (Å²) >= 11 is 0. The molecule has 1 aromatic heterocycles. The third-order valence-electron chi connectivity index (χ3n) is 6.20. The molecule has 1 N–H and O–H groups in total. The van der Waals surface area contributed by atoms with Crippen molar-refractivity contribution in [3.05, 3.63) is 46.8 Å². The minimum absolute atomic E-state index is 0.126. The predicted molar refractivity (Wildman–Crippen MR) is 117 cm³/mol. The minimum Gasteiger partial charge on any atom is -0.504 e. The van der Waals surface area contributed by atoms with Gasteiger partial charge in [-0.15, -0.1) is 0 Å². The number of nitrogens with zero attached hydrogens (tertiary/aromatic N) is 1. The Bertz CT molecular complexity index is 929. The van der Waals surface area contributed by atoms with Crippen molar-refractivity contribution < 1.29 is 19.1 Å². The fraction of sp³-hybridized carbons (Fsp3) is 0.522. The number of ether oxygens (including phenoxy) is 2. The molecule has 3 rings (SSSR count). The van der Waals surface area contributed by atoms with Gasteiger partial charge in [-0.2, -0.15) is 0 Å². The Kier molecular flexibility index (Phi) is 6.28. The molecule has 1 fully saturated rings. The molecule has 1 aromatic carbocycles. The van der Waals surface area contributed by atoms with Gasteiger partial charge in [0.25, 0.3) is 0 Å². The van der Waals surface area contributed by atoms with E-state index in [2.05, 4.69) is 18.8 Å². The van der Waals surface area contributed by atoms with Gasteiger partial charge in [0.2, 0.25) is 0 Å². The fourth-order valence-electron chi connectivity index (χ4n) is 4.28. The molecule has 2 unspecified atom stereocenters. The maximum absolute atomic E-state index is 14.1. The highest BCUT2D eigenvalue weighted by Gasteiger charge is 2.44. The highest BCUT2D eigenvalue weighted by molar-refractivity contribution is 7.64. The van der Waals surface area contributed by atoms with Crippen LogP contribution in [0.1, 0.15) is 42.0 Å². The average Bonchev–Trinajstić information content (AvgIpc) is 2.92. The van der Waals surface area contributed by atoms with E-state index >= 15 is 0 Å². The molecule has 0 bridgehead atoms. The number of hydrogen-bond donors (Lipinski definition) is 1. The van der Waals surface area contributed by atoms with Crippen LogP contribution in [-0.2, 0) is 4.57 Å². The lowest BCUT2D eigenvalue weighted by atomic mass is 10.0. The van der Waals surface area contributed by atoms with Crippen LogP contribution in [0.15, 0.2) is 24.3 Å². The summed E-state index contributed by atoms with van der Waals surface area (Å²) in [4.78, 5) is 4.47.